The molecule has 0 spiro atoms. The summed E-state index contributed by atoms with van der Waals surface area (Å²) in [5.41, 5.74) is 4.71. The van der Waals surface area contributed by atoms with Crippen molar-refractivity contribution >= 4 is 27.6 Å². The summed E-state index contributed by atoms with van der Waals surface area (Å²) >= 11 is 3.52. The van der Waals surface area contributed by atoms with E-state index in [9.17, 15) is 4.79 Å². The maximum atomic E-state index is 11.7. The molecule has 1 atom stereocenters. The van der Waals surface area contributed by atoms with Crippen LogP contribution >= 0.6 is 15.9 Å². The molecule has 2 aromatic rings. The quantitative estimate of drug-likeness (QED) is 0.833. The lowest BCUT2D eigenvalue weighted by Crippen LogP contribution is -2.16. The zero-order chi connectivity index (χ0) is 14.8. The number of hydrogen-bond donors (Lipinski definition) is 1. The molecule has 3 rings (SSSR count). The molecule has 0 amide bonds. The molecule has 0 fully saturated rings. The smallest absolute Gasteiger partial charge is 0.307 e. The lowest BCUT2D eigenvalue weighted by Gasteiger charge is -2.19. The van der Waals surface area contributed by atoms with Crippen LogP contribution in [0.3, 0.4) is 0 Å². The van der Waals surface area contributed by atoms with Crippen molar-refractivity contribution in [3.63, 3.8) is 0 Å². The fourth-order valence-corrected chi connectivity index (χ4v) is 3.17. The molecule has 1 unspecified atom stereocenters. The second-order valence-corrected chi connectivity index (χ2v) is 6.07. The SMILES string of the molecule is COC(=O)CC1Nc2ccc(Br)cc2Cc2ccccc21. The maximum absolute atomic E-state index is 11.7. The summed E-state index contributed by atoms with van der Waals surface area (Å²) in [6.45, 7) is 0. The minimum absolute atomic E-state index is 0.0592. The molecule has 0 saturated carbocycles. The van der Waals surface area contributed by atoms with Gasteiger partial charge in [0.25, 0.3) is 0 Å². The minimum atomic E-state index is -0.206. The molecule has 1 aliphatic rings. The van der Waals surface area contributed by atoms with Gasteiger partial charge in [-0.25, -0.2) is 0 Å². The van der Waals surface area contributed by atoms with Crippen molar-refractivity contribution in [3.05, 3.63) is 63.6 Å². The van der Waals surface area contributed by atoms with Gasteiger partial charge in [-0.3, -0.25) is 4.79 Å². The van der Waals surface area contributed by atoms with Gasteiger partial charge >= 0.3 is 5.97 Å². The number of carbonyl (C=O) groups is 1. The van der Waals surface area contributed by atoms with E-state index in [4.69, 9.17) is 4.74 Å². The van der Waals surface area contributed by atoms with Crippen LogP contribution in [0.1, 0.15) is 29.2 Å². The van der Waals surface area contributed by atoms with Gasteiger partial charge in [0.1, 0.15) is 0 Å². The highest BCUT2D eigenvalue weighted by Crippen LogP contribution is 2.35. The molecule has 1 aliphatic heterocycles. The highest BCUT2D eigenvalue weighted by molar-refractivity contribution is 9.10. The predicted molar refractivity (Wildman–Crippen MR) is 86.4 cm³/mol. The van der Waals surface area contributed by atoms with Gasteiger partial charge in [-0.2, -0.15) is 0 Å². The number of halogens is 1. The highest BCUT2D eigenvalue weighted by Gasteiger charge is 2.23. The third-order valence-electron chi connectivity index (χ3n) is 3.81. The van der Waals surface area contributed by atoms with Crippen LogP contribution < -0.4 is 5.32 Å². The van der Waals surface area contributed by atoms with E-state index >= 15 is 0 Å². The highest BCUT2D eigenvalue weighted by atomic mass is 79.9. The van der Waals surface area contributed by atoms with Crippen LogP contribution in [0.2, 0.25) is 0 Å². The number of ether oxygens (including phenoxy) is 1. The van der Waals surface area contributed by atoms with Gasteiger partial charge in [-0.15, -0.1) is 0 Å². The Labute approximate surface area is 132 Å². The summed E-state index contributed by atoms with van der Waals surface area (Å²) in [7, 11) is 1.43. The Kier molecular flexibility index (Phi) is 3.97. The predicted octanol–water partition coefficient (Wildman–Crippen LogP) is 4.07. The van der Waals surface area contributed by atoms with E-state index < -0.39 is 0 Å². The van der Waals surface area contributed by atoms with Crippen molar-refractivity contribution in [1.29, 1.82) is 0 Å². The van der Waals surface area contributed by atoms with Gasteiger partial charge < -0.3 is 10.1 Å². The van der Waals surface area contributed by atoms with E-state index in [-0.39, 0.29) is 12.0 Å². The van der Waals surface area contributed by atoms with Gasteiger partial charge in [0.15, 0.2) is 0 Å². The fourth-order valence-electron chi connectivity index (χ4n) is 2.77. The average Bonchev–Trinajstić information content (AvgIpc) is 2.63. The minimum Gasteiger partial charge on any atom is -0.469 e. The van der Waals surface area contributed by atoms with Crippen LogP contribution in [0.5, 0.6) is 0 Å². The topological polar surface area (TPSA) is 38.3 Å². The molecule has 2 aromatic carbocycles. The van der Waals surface area contributed by atoms with Crippen LogP contribution in [0.4, 0.5) is 5.69 Å². The average molecular weight is 346 g/mol. The van der Waals surface area contributed by atoms with Crippen molar-refractivity contribution in [3.8, 4) is 0 Å². The van der Waals surface area contributed by atoms with Crippen molar-refractivity contribution < 1.29 is 9.53 Å². The second kappa shape index (κ2) is 5.90. The number of carbonyl (C=O) groups excluding carboxylic acids is 1. The first-order chi connectivity index (χ1) is 10.2. The Hall–Kier alpha value is -1.81. The van der Waals surface area contributed by atoms with Crippen molar-refractivity contribution in [2.75, 3.05) is 12.4 Å². The molecular weight excluding hydrogens is 330 g/mol. The van der Waals surface area contributed by atoms with Crippen LogP contribution in [-0.2, 0) is 16.0 Å². The Morgan fingerprint density at radius 2 is 2.10 bits per heavy atom. The summed E-state index contributed by atoms with van der Waals surface area (Å²) in [6, 6.07) is 14.4. The van der Waals surface area contributed by atoms with E-state index in [1.807, 2.05) is 18.2 Å². The summed E-state index contributed by atoms with van der Waals surface area (Å²) in [5, 5.41) is 3.49. The third kappa shape index (κ3) is 2.95. The van der Waals surface area contributed by atoms with Gasteiger partial charge in [0, 0.05) is 10.2 Å². The van der Waals surface area contributed by atoms with Gasteiger partial charge in [0.2, 0.25) is 0 Å². The number of hydrogen-bond acceptors (Lipinski definition) is 3. The number of anilines is 1. The van der Waals surface area contributed by atoms with E-state index in [1.54, 1.807) is 0 Å². The summed E-state index contributed by atoms with van der Waals surface area (Å²) in [4.78, 5) is 11.7. The van der Waals surface area contributed by atoms with Crippen LogP contribution in [0, 0.1) is 0 Å². The Morgan fingerprint density at radius 3 is 2.90 bits per heavy atom. The molecule has 1 N–H and O–H groups in total. The lowest BCUT2D eigenvalue weighted by molar-refractivity contribution is -0.140. The number of benzene rings is 2. The Balaban J connectivity index is 2.05. The zero-order valence-electron chi connectivity index (χ0n) is 11.7. The summed E-state index contributed by atoms with van der Waals surface area (Å²) < 4.78 is 5.89. The number of esters is 1. The molecule has 108 valence electrons. The summed E-state index contributed by atoms with van der Waals surface area (Å²) in [6.07, 6.45) is 1.18. The van der Waals surface area contributed by atoms with Gasteiger partial charge in [-0.05, 0) is 41.3 Å². The first-order valence-corrected chi connectivity index (χ1v) is 7.66. The first-order valence-electron chi connectivity index (χ1n) is 6.87. The molecule has 1 heterocycles. The fraction of sp³-hybridized carbons (Fsp3) is 0.235. The molecule has 4 heteroatoms. The third-order valence-corrected chi connectivity index (χ3v) is 4.30. The largest absolute Gasteiger partial charge is 0.469 e. The first kappa shape index (κ1) is 14.1. The molecule has 3 nitrogen and oxygen atoms in total. The maximum Gasteiger partial charge on any atom is 0.307 e. The second-order valence-electron chi connectivity index (χ2n) is 5.15. The lowest BCUT2D eigenvalue weighted by atomic mass is 9.96. The van der Waals surface area contributed by atoms with E-state index in [0.29, 0.717) is 6.42 Å². The normalized spacial score (nSPS) is 16.2. The van der Waals surface area contributed by atoms with Crippen LogP contribution in [0.25, 0.3) is 0 Å². The molecule has 0 aliphatic carbocycles. The Bertz CT molecular complexity index is 684. The Morgan fingerprint density at radius 1 is 1.29 bits per heavy atom. The molecule has 0 aromatic heterocycles. The molecular formula is C17H16BrNO2. The molecule has 0 bridgehead atoms. The van der Waals surface area contributed by atoms with Gasteiger partial charge in [0.05, 0.1) is 19.6 Å². The molecule has 21 heavy (non-hydrogen) atoms. The van der Waals surface area contributed by atoms with Gasteiger partial charge in [-0.1, -0.05) is 40.2 Å². The number of fused-ring (bicyclic) bond motifs is 2. The van der Waals surface area contributed by atoms with E-state index in [2.05, 4.69) is 45.5 Å². The molecule has 0 radical (unpaired) electrons. The van der Waals surface area contributed by atoms with Crippen molar-refractivity contribution in [1.82, 2.24) is 0 Å². The molecule has 0 saturated heterocycles. The van der Waals surface area contributed by atoms with Crippen molar-refractivity contribution in [2.45, 2.75) is 18.9 Å². The number of methoxy groups -OCH3 is 1. The van der Waals surface area contributed by atoms with Crippen LogP contribution in [0.15, 0.2) is 46.9 Å². The number of nitrogens with one attached hydrogen (secondary N) is 1. The monoisotopic (exact) mass is 345 g/mol. The van der Waals surface area contributed by atoms with E-state index in [0.717, 1.165) is 22.1 Å². The van der Waals surface area contributed by atoms with Crippen LogP contribution in [-0.4, -0.2) is 13.1 Å². The summed E-state index contributed by atoms with van der Waals surface area (Å²) in [5.74, 6) is -0.206. The standard InChI is InChI=1S/C17H16BrNO2/c1-21-17(20)10-16-14-5-3-2-4-11(14)8-12-9-13(18)6-7-15(12)19-16/h2-7,9,16,19H,8,10H2,1H3. The van der Waals surface area contributed by atoms with Crippen molar-refractivity contribution in [2.24, 2.45) is 0 Å². The van der Waals surface area contributed by atoms with E-state index in [1.165, 1.54) is 18.2 Å². The number of rotatable bonds is 2. The zero-order valence-corrected chi connectivity index (χ0v) is 13.3.